The number of rotatable bonds is 5. The van der Waals surface area contributed by atoms with Crippen molar-refractivity contribution in [2.75, 3.05) is 6.26 Å². The Morgan fingerprint density at radius 3 is 2.29 bits per heavy atom. The molecule has 0 spiro atoms. The summed E-state index contributed by atoms with van der Waals surface area (Å²) in [6.45, 7) is 5.34. The van der Waals surface area contributed by atoms with Crippen LogP contribution in [0.25, 0.3) is 0 Å². The van der Waals surface area contributed by atoms with Gasteiger partial charge in [0.15, 0.2) is 9.84 Å². The topological polar surface area (TPSA) is 107 Å². The first kappa shape index (κ1) is 22.9. The molecule has 1 heterocycles. The van der Waals surface area contributed by atoms with Crippen LogP contribution in [0.4, 0.5) is 4.79 Å². The van der Waals surface area contributed by atoms with E-state index in [4.69, 9.17) is 4.74 Å². The van der Waals surface area contributed by atoms with E-state index < -0.39 is 31.4 Å². The molecule has 1 amide bonds. The third kappa shape index (κ3) is 6.03. The van der Waals surface area contributed by atoms with E-state index in [-0.39, 0.29) is 20.5 Å². The van der Waals surface area contributed by atoms with Crippen molar-refractivity contribution in [2.24, 2.45) is 0 Å². The van der Waals surface area contributed by atoms with Gasteiger partial charge in [0.2, 0.25) is 9.84 Å². The van der Waals surface area contributed by atoms with Crippen LogP contribution in [0.2, 0.25) is 0 Å². The molecule has 1 N–H and O–H groups in total. The summed E-state index contributed by atoms with van der Waals surface area (Å²) >= 11 is 4.14. The van der Waals surface area contributed by atoms with Crippen LogP contribution in [-0.2, 0) is 31.0 Å². The summed E-state index contributed by atoms with van der Waals surface area (Å²) in [7, 11) is -7.48. The van der Waals surface area contributed by atoms with Crippen molar-refractivity contribution in [3.63, 3.8) is 0 Å². The zero-order valence-electron chi connectivity index (χ0n) is 15.6. The summed E-state index contributed by atoms with van der Waals surface area (Å²) in [6.07, 6.45) is 0.409. The average molecular weight is 510 g/mol. The molecule has 0 aliphatic rings. The van der Waals surface area contributed by atoms with Gasteiger partial charge in [-0.25, -0.2) is 21.6 Å². The van der Waals surface area contributed by atoms with E-state index >= 15 is 0 Å². The first-order valence-electron chi connectivity index (χ1n) is 8.00. The summed E-state index contributed by atoms with van der Waals surface area (Å²) in [4.78, 5) is 12.1. The van der Waals surface area contributed by atoms with Gasteiger partial charge in [0.1, 0.15) is 9.81 Å². The molecule has 0 fully saturated rings. The van der Waals surface area contributed by atoms with Crippen molar-refractivity contribution in [3.05, 3.63) is 39.7 Å². The fourth-order valence-electron chi connectivity index (χ4n) is 2.09. The van der Waals surface area contributed by atoms with E-state index in [1.165, 1.54) is 18.2 Å². The zero-order valence-corrected chi connectivity index (χ0v) is 19.7. The maximum Gasteiger partial charge on any atom is 0.407 e. The number of carbonyl (C=O) groups is 1. The minimum absolute atomic E-state index is 0.0473. The van der Waals surface area contributed by atoms with E-state index in [2.05, 4.69) is 21.2 Å². The Morgan fingerprint density at radius 1 is 1.11 bits per heavy atom. The average Bonchev–Trinajstić information content (AvgIpc) is 2.99. The molecule has 0 aliphatic heterocycles. The van der Waals surface area contributed by atoms with Gasteiger partial charge < -0.3 is 10.1 Å². The van der Waals surface area contributed by atoms with Gasteiger partial charge in [0.25, 0.3) is 0 Å². The monoisotopic (exact) mass is 509 g/mol. The van der Waals surface area contributed by atoms with E-state index in [0.717, 1.165) is 23.7 Å². The molecule has 1 aromatic carbocycles. The molecular formula is C17H20BrNO6S3. The minimum Gasteiger partial charge on any atom is -0.444 e. The lowest BCUT2D eigenvalue weighted by atomic mass is 10.2. The second-order valence-corrected chi connectivity index (χ2v) is 13.3. The maximum absolute atomic E-state index is 12.9. The Kier molecular flexibility index (Phi) is 6.64. The van der Waals surface area contributed by atoms with E-state index in [1.54, 1.807) is 26.8 Å². The number of alkyl carbamates (subject to hydrolysis) is 1. The van der Waals surface area contributed by atoms with Crippen LogP contribution in [0.3, 0.4) is 0 Å². The van der Waals surface area contributed by atoms with E-state index in [9.17, 15) is 21.6 Å². The molecule has 7 nitrogen and oxygen atoms in total. The van der Waals surface area contributed by atoms with Gasteiger partial charge in [-0.2, -0.15) is 0 Å². The van der Waals surface area contributed by atoms with Crippen LogP contribution < -0.4 is 5.32 Å². The second-order valence-electron chi connectivity index (χ2n) is 6.97. The third-order valence-corrected chi connectivity index (χ3v) is 8.15. The fourth-order valence-corrected chi connectivity index (χ4v) is 6.41. The molecule has 0 aliphatic carbocycles. The largest absolute Gasteiger partial charge is 0.444 e. The van der Waals surface area contributed by atoms with Crippen molar-refractivity contribution in [2.45, 2.75) is 46.9 Å². The number of carbonyl (C=O) groups excluding carboxylic acids is 1. The van der Waals surface area contributed by atoms with Crippen LogP contribution in [0.1, 0.15) is 25.6 Å². The number of hydrogen-bond donors (Lipinski definition) is 1. The molecule has 28 heavy (non-hydrogen) atoms. The summed E-state index contributed by atoms with van der Waals surface area (Å²) in [5.41, 5.74) is -0.633. The first-order valence-corrected chi connectivity index (χ1v) is 13.0. The van der Waals surface area contributed by atoms with Crippen molar-refractivity contribution >= 4 is 53.0 Å². The number of halogens is 1. The van der Waals surface area contributed by atoms with Gasteiger partial charge in [-0.15, -0.1) is 11.3 Å². The molecule has 0 radical (unpaired) electrons. The summed E-state index contributed by atoms with van der Waals surface area (Å²) in [5.74, 6) is 0. The van der Waals surface area contributed by atoms with Crippen LogP contribution in [0, 0.1) is 0 Å². The fraction of sp³-hybridized carbons (Fsp3) is 0.353. The molecule has 0 bridgehead atoms. The molecule has 0 atom stereocenters. The summed E-state index contributed by atoms with van der Waals surface area (Å²) in [5, 5.41) is 2.57. The zero-order chi connectivity index (χ0) is 21.3. The lowest BCUT2D eigenvalue weighted by molar-refractivity contribution is 0.0524. The minimum atomic E-state index is -3.91. The smallest absolute Gasteiger partial charge is 0.407 e. The highest BCUT2D eigenvalue weighted by molar-refractivity contribution is 9.10. The van der Waals surface area contributed by atoms with Crippen molar-refractivity contribution in [1.29, 1.82) is 0 Å². The predicted octanol–water partition coefficient (Wildman–Crippen LogP) is 3.77. The Bertz CT molecular complexity index is 1100. The highest BCUT2D eigenvalue weighted by Gasteiger charge is 2.23. The first-order chi connectivity index (χ1) is 12.7. The molecule has 0 saturated heterocycles. The number of ether oxygens (including phenoxy) is 1. The molecule has 0 unspecified atom stereocenters. The van der Waals surface area contributed by atoms with Gasteiger partial charge >= 0.3 is 6.09 Å². The van der Waals surface area contributed by atoms with Gasteiger partial charge in [0.05, 0.1) is 16.3 Å². The molecule has 11 heteroatoms. The number of amides is 1. The Labute approximate surface area is 177 Å². The second kappa shape index (κ2) is 8.13. The quantitative estimate of drug-likeness (QED) is 0.657. The van der Waals surface area contributed by atoms with Gasteiger partial charge in [-0.05, 0) is 51.1 Å². The lowest BCUT2D eigenvalue weighted by Crippen LogP contribution is -2.31. The van der Waals surface area contributed by atoms with Crippen LogP contribution in [-0.4, -0.2) is 34.8 Å². The molecule has 154 valence electrons. The Morgan fingerprint density at radius 2 is 1.71 bits per heavy atom. The number of nitrogens with one attached hydrogen (secondary N) is 1. The van der Waals surface area contributed by atoms with Crippen molar-refractivity contribution < 1.29 is 26.4 Å². The third-order valence-electron chi connectivity index (χ3n) is 3.29. The van der Waals surface area contributed by atoms with E-state index in [1.807, 2.05) is 0 Å². The molecular weight excluding hydrogens is 490 g/mol. The predicted molar refractivity (Wildman–Crippen MR) is 110 cm³/mol. The van der Waals surface area contributed by atoms with Gasteiger partial charge in [0, 0.05) is 15.6 Å². The number of sulfone groups is 2. The Hall–Kier alpha value is -1.43. The SMILES string of the molecule is CC(C)(C)OC(=O)NCc1ccc(S(=O)(=O)c2cc(Br)cc(S(C)(=O)=O)c2)s1. The van der Waals surface area contributed by atoms with Crippen molar-refractivity contribution in [1.82, 2.24) is 5.32 Å². The Balaban J connectivity index is 2.25. The van der Waals surface area contributed by atoms with Gasteiger partial charge in [-0.3, -0.25) is 0 Å². The maximum atomic E-state index is 12.9. The normalized spacial score (nSPS) is 12.6. The van der Waals surface area contributed by atoms with Crippen LogP contribution in [0.15, 0.2) is 48.8 Å². The highest BCUT2D eigenvalue weighted by atomic mass is 79.9. The molecule has 1 aromatic heterocycles. The molecule has 2 aromatic rings. The van der Waals surface area contributed by atoms with Gasteiger partial charge in [-0.1, -0.05) is 15.9 Å². The number of thiophene rings is 1. The van der Waals surface area contributed by atoms with Crippen LogP contribution in [0.5, 0.6) is 0 Å². The summed E-state index contributed by atoms with van der Waals surface area (Å²) < 4.78 is 54.9. The lowest BCUT2D eigenvalue weighted by Gasteiger charge is -2.19. The number of hydrogen-bond acceptors (Lipinski definition) is 7. The summed E-state index contributed by atoms with van der Waals surface area (Å²) in [6, 6.07) is 6.84. The molecule has 0 saturated carbocycles. The van der Waals surface area contributed by atoms with Crippen molar-refractivity contribution in [3.8, 4) is 0 Å². The van der Waals surface area contributed by atoms with E-state index in [0.29, 0.717) is 9.35 Å². The molecule has 2 rings (SSSR count). The number of benzene rings is 1. The standard InChI is InChI=1S/C17H20BrNO6S3/c1-17(2,3)25-16(20)19-10-12-5-6-15(26-12)28(23,24)14-8-11(18)7-13(9-14)27(4,21)22/h5-9H,10H2,1-4H3,(H,19,20). The van der Waals surface area contributed by atoms with Crippen LogP contribution >= 0.6 is 27.3 Å². The highest BCUT2D eigenvalue weighted by Crippen LogP contribution is 2.31.